The molecule has 1 amide bonds. The van der Waals surface area contributed by atoms with E-state index in [2.05, 4.69) is 27.2 Å². The Labute approximate surface area is 184 Å². The molecule has 0 aliphatic carbocycles. The van der Waals surface area contributed by atoms with Gasteiger partial charge in [-0.1, -0.05) is 18.2 Å². The third-order valence-electron chi connectivity index (χ3n) is 5.38. The lowest BCUT2D eigenvalue weighted by atomic mass is 10.1. The van der Waals surface area contributed by atoms with Crippen LogP contribution in [-0.4, -0.2) is 64.0 Å². The fraction of sp³-hybridized carbons (Fsp3) is 0.391. The number of nitrogens with zero attached hydrogens (tertiary/aromatic N) is 2. The van der Waals surface area contributed by atoms with Crippen LogP contribution in [0.4, 0.5) is 11.4 Å². The van der Waals surface area contributed by atoms with E-state index in [9.17, 15) is 18.0 Å². The Morgan fingerprint density at radius 2 is 1.68 bits per heavy atom. The van der Waals surface area contributed by atoms with Crippen LogP contribution < -0.4 is 10.2 Å². The van der Waals surface area contributed by atoms with Gasteiger partial charge in [-0.25, -0.2) is 8.42 Å². The van der Waals surface area contributed by atoms with Crippen molar-refractivity contribution in [3.8, 4) is 0 Å². The second kappa shape index (κ2) is 10.1. The standard InChI is InChI=1S/C23H29N3O4S/c1-18(27)24-21-17-19(10-11-23(21)31(2,29)30)22(28)9-6-12-25-13-15-26(16-14-25)20-7-4-3-5-8-20/h3-5,7-8,10-11,17H,6,9,12-16H2,1-2H3,(H,24,27). The number of ketones is 1. The first-order chi connectivity index (χ1) is 14.7. The van der Waals surface area contributed by atoms with E-state index in [4.69, 9.17) is 0 Å². The number of anilines is 2. The minimum absolute atomic E-state index is 0.00976. The zero-order valence-corrected chi connectivity index (χ0v) is 18.8. The second-order valence-corrected chi connectivity index (χ2v) is 9.84. The molecule has 1 aliphatic heterocycles. The smallest absolute Gasteiger partial charge is 0.221 e. The van der Waals surface area contributed by atoms with Crippen molar-refractivity contribution in [3.05, 3.63) is 54.1 Å². The van der Waals surface area contributed by atoms with Crippen molar-refractivity contribution in [3.63, 3.8) is 0 Å². The quantitative estimate of drug-likeness (QED) is 0.632. The average molecular weight is 444 g/mol. The monoisotopic (exact) mass is 443 g/mol. The number of hydrogen-bond acceptors (Lipinski definition) is 6. The summed E-state index contributed by atoms with van der Waals surface area (Å²) in [6, 6.07) is 14.7. The third-order valence-corrected chi connectivity index (χ3v) is 6.54. The van der Waals surface area contributed by atoms with E-state index in [1.54, 1.807) is 0 Å². The van der Waals surface area contributed by atoms with E-state index < -0.39 is 9.84 Å². The SMILES string of the molecule is CC(=O)Nc1cc(C(=O)CCCN2CCN(c3ccccc3)CC2)ccc1S(C)(=O)=O. The molecule has 2 aromatic rings. The van der Waals surface area contributed by atoms with Crippen molar-refractivity contribution in [1.82, 2.24) is 4.90 Å². The third kappa shape index (κ3) is 6.38. The number of Topliss-reactive ketones (excluding diaryl/α,β-unsaturated/α-hetero) is 1. The molecular weight excluding hydrogens is 414 g/mol. The molecule has 1 aliphatic rings. The lowest BCUT2D eigenvalue weighted by Crippen LogP contribution is -2.46. The lowest BCUT2D eigenvalue weighted by Gasteiger charge is -2.36. The molecule has 0 saturated carbocycles. The van der Waals surface area contributed by atoms with Gasteiger partial charge in [-0.2, -0.15) is 0 Å². The van der Waals surface area contributed by atoms with E-state index in [1.165, 1.54) is 30.8 Å². The maximum atomic E-state index is 12.6. The maximum absolute atomic E-state index is 12.6. The van der Waals surface area contributed by atoms with Gasteiger partial charge in [-0.3, -0.25) is 14.5 Å². The Bertz CT molecular complexity index is 1030. The van der Waals surface area contributed by atoms with E-state index in [0.717, 1.165) is 45.4 Å². The Balaban J connectivity index is 1.52. The number of carbonyl (C=O) groups is 2. The Hall–Kier alpha value is -2.71. The van der Waals surface area contributed by atoms with Gasteiger partial charge < -0.3 is 10.2 Å². The van der Waals surface area contributed by atoms with E-state index in [1.807, 2.05) is 18.2 Å². The van der Waals surface area contributed by atoms with E-state index in [-0.39, 0.29) is 22.3 Å². The fourth-order valence-corrected chi connectivity index (χ4v) is 4.61. The van der Waals surface area contributed by atoms with Crippen molar-refractivity contribution >= 4 is 32.9 Å². The molecule has 1 N–H and O–H groups in total. The van der Waals surface area contributed by atoms with Gasteiger partial charge in [0, 0.05) is 57.0 Å². The lowest BCUT2D eigenvalue weighted by molar-refractivity contribution is -0.114. The Morgan fingerprint density at radius 1 is 1.00 bits per heavy atom. The van der Waals surface area contributed by atoms with Gasteiger partial charge in [0.25, 0.3) is 0 Å². The van der Waals surface area contributed by atoms with Gasteiger partial charge in [-0.15, -0.1) is 0 Å². The second-order valence-electron chi connectivity index (χ2n) is 7.86. The van der Waals surface area contributed by atoms with Gasteiger partial charge in [0.05, 0.1) is 10.6 Å². The molecule has 3 rings (SSSR count). The van der Waals surface area contributed by atoms with E-state index >= 15 is 0 Å². The number of piperazine rings is 1. The summed E-state index contributed by atoms with van der Waals surface area (Å²) in [6.45, 7) is 5.99. The molecule has 2 aromatic carbocycles. The Kier molecular flexibility index (Phi) is 7.46. The van der Waals surface area contributed by atoms with Gasteiger partial charge in [0.1, 0.15) is 0 Å². The molecular formula is C23H29N3O4S. The first kappa shape index (κ1) is 23.0. The molecule has 31 heavy (non-hydrogen) atoms. The molecule has 8 heteroatoms. The molecule has 0 bridgehead atoms. The molecule has 0 spiro atoms. The number of benzene rings is 2. The topological polar surface area (TPSA) is 86.8 Å². The average Bonchev–Trinajstić information content (AvgIpc) is 2.73. The highest BCUT2D eigenvalue weighted by atomic mass is 32.2. The maximum Gasteiger partial charge on any atom is 0.221 e. The summed E-state index contributed by atoms with van der Waals surface area (Å²) in [7, 11) is -3.51. The first-order valence-electron chi connectivity index (χ1n) is 10.4. The molecule has 1 fully saturated rings. The molecule has 1 saturated heterocycles. The number of rotatable bonds is 8. The summed E-state index contributed by atoms with van der Waals surface area (Å²) in [6.07, 6.45) is 2.18. The fourth-order valence-electron chi connectivity index (χ4n) is 3.79. The van der Waals surface area contributed by atoms with Crippen LogP contribution in [-0.2, 0) is 14.6 Å². The van der Waals surface area contributed by atoms with Gasteiger partial charge >= 0.3 is 0 Å². The number of sulfone groups is 1. The summed E-state index contributed by atoms with van der Waals surface area (Å²) < 4.78 is 23.9. The highest BCUT2D eigenvalue weighted by Crippen LogP contribution is 2.24. The van der Waals surface area contributed by atoms with Gasteiger partial charge in [0.15, 0.2) is 15.6 Å². The number of amides is 1. The van der Waals surface area contributed by atoms with Crippen LogP contribution >= 0.6 is 0 Å². The normalized spacial score (nSPS) is 15.0. The summed E-state index contributed by atoms with van der Waals surface area (Å²) in [5, 5.41) is 2.52. The van der Waals surface area contributed by atoms with E-state index in [0.29, 0.717) is 12.0 Å². The summed E-state index contributed by atoms with van der Waals surface area (Å²) in [5.74, 6) is -0.446. The van der Waals surface area contributed by atoms with Gasteiger partial charge in [0.2, 0.25) is 5.91 Å². The van der Waals surface area contributed by atoms with Gasteiger partial charge in [-0.05, 0) is 43.3 Å². The molecule has 0 radical (unpaired) electrons. The van der Waals surface area contributed by atoms with Crippen molar-refractivity contribution < 1.29 is 18.0 Å². The van der Waals surface area contributed by atoms with Crippen molar-refractivity contribution in [2.75, 3.05) is 49.2 Å². The number of hydrogen-bond donors (Lipinski definition) is 1. The highest BCUT2D eigenvalue weighted by molar-refractivity contribution is 7.90. The van der Waals surface area contributed by atoms with Crippen molar-refractivity contribution in [2.45, 2.75) is 24.7 Å². The molecule has 0 aromatic heterocycles. The first-order valence-corrected chi connectivity index (χ1v) is 12.3. The molecule has 7 nitrogen and oxygen atoms in total. The van der Waals surface area contributed by atoms with Crippen LogP contribution in [0, 0.1) is 0 Å². The molecule has 0 unspecified atom stereocenters. The largest absolute Gasteiger partial charge is 0.369 e. The highest BCUT2D eigenvalue weighted by Gasteiger charge is 2.19. The number of nitrogens with one attached hydrogen (secondary N) is 1. The van der Waals surface area contributed by atoms with Crippen LogP contribution in [0.2, 0.25) is 0 Å². The molecule has 1 heterocycles. The zero-order valence-electron chi connectivity index (χ0n) is 18.0. The van der Waals surface area contributed by atoms with Crippen LogP contribution in [0.25, 0.3) is 0 Å². The van der Waals surface area contributed by atoms with Crippen molar-refractivity contribution in [1.29, 1.82) is 0 Å². The predicted molar refractivity (Wildman–Crippen MR) is 123 cm³/mol. The summed E-state index contributed by atoms with van der Waals surface area (Å²) in [4.78, 5) is 28.8. The minimum Gasteiger partial charge on any atom is -0.369 e. The number of para-hydroxylation sites is 1. The predicted octanol–water partition coefficient (Wildman–Crippen LogP) is 2.83. The molecule has 0 atom stereocenters. The van der Waals surface area contributed by atoms with Crippen molar-refractivity contribution in [2.24, 2.45) is 0 Å². The number of carbonyl (C=O) groups excluding carboxylic acids is 2. The van der Waals surface area contributed by atoms with Crippen LogP contribution in [0.3, 0.4) is 0 Å². The Morgan fingerprint density at radius 3 is 2.29 bits per heavy atom. The summed E-state index contributed by atoms with van der Waals surface area (Å²) in [5.41, 5.74) is 1.80. The van der Waals surface area contributed by atoms with Crippen LogP contribution in [0.1, 0.15) is 30.1 Å². The summed E-state index contributed by atoms with van der Waals surface area (Å²) >= 11 is 0. The van der Waals surface area contributed by atoms with Crippen LogP contribution in [0.5, 0.6) is 0 Å². The zero-order chi connectivity index (χ0) is 22.4. The van der Waals surface area contributed by atoms with Crippen LogP contribution in [0.15, 0.2) is 53.4 Å². The molecule has 166 valence electrons. The minimum atomic E-state index is -3.51.